The molecule has 162 valence electrons. The minimum absolute atomic E-state index is 0.0511. The van der Waals surface area contributed by atoms with Gasteiger partial charge in [0, 0.05) is 38.0 Å². The van der Waals surface area contributed by atoms with Crippen LogP contribution in [-0.2, 0) is 14.6 Å². The zero-order valence-corrected chi connectivity index (χ0v) is 18.9. The number of sulfone groups is 1. The second-order valence-electron chi connectivity index (χ2n) is 9.86. The Bertz CT molecular complexity index is 806. The molecule has 0 N–H and O–H groups in total. The van der Waals surface area contributed by atoms with Crippen molar-refractivity contribution in [1.29, 1.82) is 0 Å². The summed E-state index contributed by atoms with van der Waals surface area (Å²) in [5.74, 6) is 2.96. The molecule has 0 spiro atoms. The summed E-state index contributed by atoms with van der Waals surface area (Å²) in [5, 5.41) is 0. The molecule has 29 heavy (non-hydrogen) atoms. The first-order valence-electron chi connectivity index (χ1n) is 10.6. The Balaban J connectivity index is 1.35. The van der Waals surface area contributed by atoms with Gasteiger partial charge in [0.1, 0.15) is 0 Å². The van der Waals surface area contributed by atoms with Crippen LogP contribution in [0.1, 0.15) is 52.9 Å². The average Bonchev–Trinajstić information content (AvgIpc) is 3.40. The van der Waals surface area contributed by atoms with Crippen LogP contribution in [0.3, 0.4) is 0 Å². The molecule has 3 rings (SSSR count). The van der Waals surface area contributed by atoms with Crippen LogP contribution in [0.5, 0.6) is 5.88 Å². The normalized spacial score (nSPS) is 23.1. The van der Waals surface area contributed by atoms with Crippen LogP contribution in [0.25, 0.3) is 0 Å². The van der Waals surface area contributed by atoms with E-state index in [2.05, 4.69) is 25.8 Å². The van der Waals surface area contributed by atoms with Gasteiger partial charge in [-0.1, -0.05) is 20.8 Å². The highest BCUT2D eigenvalue weighted by atomic mass is 32.2. The third-order valence-electron chi connectivity index (χ3n) is 6.03. The van der Waals surface area contributed by atoms with E-state index < -0.39 is 9.84 Å². The highest BCUT2D eigenvalue weighted by Gasteiger charge is 2.43. The number of rotatable bonds is 7. The maximum absolute atomic E-state index is 12.4. The Morgan fingerprint density at radius 2 is 1.93 bits per heavy atom. The molecule has 1 saturated heterocycles. The van der Waals surface area contributed by atoms with E-state index in [1.165, 1.54) is 24.9 Å². The van der Waals surface area contributed by atoms with Crippen LogP contribution >= 0.6 is 0 Å². The van der Waals surface area contributed by atoms with Crippen LogP contribution in [0.4, 0.5) is 0 Å². The van der Waals surface area contributed by atoms with Crippen molar-refractivity contribution >= 4 is 15.7 Å². The van der Waals surface area contributed by atoms with E-state index >= 15 is 0 Å². The molecule has 2 aliphatic rings. The lowest BCUT2D eigenvalue weighted by Crippen LogP contribution is -2.40. The van der Waals surface area contributed by atoms with E-state index in [1.54, 1.807) is 6.07 Å². The molecule has 0 unspecified atom stereocenters. The van der Waals surface area contributed by atoms with E-state index in [9.17, 15) is 13.2 Å². The van der Waals surface area contributed by atoms with Crippen LogP contribution in [-0.4, -0.2) is 50.2 Å². The fraction of sp³-hybridized carbons (Fsp3) is 0.727. The predicted octanol–water partition coefficient (Wildman–Crippen LogP) is 3.56. The molecule has 7 heteroatoms. The summed E-state index contributed by atoms with van der Waals surface area (Å²) < 4.78 is 28.6. The van der Waals surface area contributed by atoms with Gasteiger partial charge in [-0.25, -0.2) is 13.4 Å². The monoisotopic (exact) mass is 422 g/mol. The van der Waals surface area contributed by atoms with Crippen molar-refractivity contribution in [2.24, 2.45) is 23.2 Å². The second-order valence-corrected chi connectivity index (χ2v) is 11.9. The molecule has 6 nitrogen and oxygen atoms in total. The SMILES string of the molecule is CC(C)(C)CC(=O)N1CCC([C@H]2C[C@H]2CCOc2ccc(S(C)(=O)=O)cn2)CC1. The van der Waals surface area contributed by atoms with Crippen LogP contribution in [0.2, 0.25) is 0 Å². The molecule has 1 aliphatic carbocycles. The first-order chi connectivity index (χ1) is 13.5. The highest BCUT2D eigenvalue weighted by Crippen LogP contribution is 2.49. The lowest BCUT2D eigenvalue weighted by Gasteiger charge is -2.34. The van der Waals surface area contributed by atoms with Crippen molar-refractivity contribution in [3.63, 3.8) is 0 Å². The molecule has 1 saturated carbocycles. The van der Waals surface area contributed by atoms with Crippen molar-refractivity contribution in [2.75, 3.05) is 26.0 Å². The summed E-state index contributed by atoms with van der Waals surface area (Å²) in [6.45, 7) is 8.75. The molecule has 2 atom stereocenters. The van der Waals surface area contributed by atoms with Crippen molar-refractivity contribution in [2.45, 2.75) is 57.8 Å². The lowest BCUT2D eigenvalue weighted by molar-refractivity contribution is -0.134. The molecule has 1 aromatic heterocycles. The number of carbonyl (C=O) groups is 1. The van der Waals surface area contributed by atoms with E-state index in [4.69, 9.17) is 4.74 Å². The number of piperidine rings is 1. The number of ether oxygens (including phenoxy) is 1. The molecule has 2 fully saturated rings. The number of nitrogens with zero attached hydrogens (tertiary/aromatic N) is 2. The molecule has 1 aromatic rings. The number of pyridine rings is 1. The van der Waals surface area contributed by atoms with Crippen molar-refractivity contribution in [3.05, 3.63) is 18.3 Å². The van der Waals surface area contributed by atoms with Gasteiger partial charge in [-0.15, -0.1) is 0 Å². The van der Waals surface area contributed by atoms with Gasteiger partial charge in [-0.3, -0.25) is 4.79 Å². The van der Waals surface area contributed by atoms with Gasteiger partial charge in [0.2, 0.25) is 11.8 Å². The Morgan fingerprint density at radius 1 is 1.24 bits per heavy atom. The summed E-state index contributed by atoms with van der Waals surface area (Å²) in [6, 6.07) is 3.15. The maximum Gasteiger partial charge on any atom is 0.223 e. The topological polar surface area (TPSA) is 76.6 Å². The van der Waals surface area contributed by atoms with Gasteiger partial charge in [0.15, 0.2) is 9.84 Å². The molecular formula is C22H34N2O4S. The maximum atomic E-state index is 12.4. The minimum Gasteiger partial charge on any atom is -0.478 e. The van der Waals surface area contributed by atoms with Gasteiger partial charge in [-0.2, -0.15) is 0 Å². The molecule has 1 amide bonds. The van der Waals surface area contributed by atoms with Crippen LogP contribution in [0, 0.1) is 23.2 Å². The quantitative estimate of drug-likeness (QED) is 0.671. The van der Waals surface area contributed by atoms with Gasteiger partial charge in [-0.05, 0) is 54.9 Å². The molecule has 2 heterocycles. The van der Waals surface area contributed by atoms with Crippen molar-refractivity contribution < 1.29 is 17.9 Å². The zero-order valence-electron chi connectivity index (χ0n) is 18.1. The predicted molar refractivity (Wildman–Crippen MR) is 112 cm³/mol. The fourth-order valence-electron chi connectivity index (χ4n) is 4.31. The summed E-state index contributed by atoms with van der Waals surface area (Å²) >= 11 is 0. The molecule has 0 radical (unpaired) electrons. The van der Waals surface area contributed by atoms with Gasteiger partial charge in [0.05, 0.1) is 11.5 Å². The first kappa shape index (κ1) is 22.1. The lowest BCUT2D eigenvalue weighted by atomic mass is 9.88. The summed E-state index contributed by atoms with van der Waals surface area (Å²) in [5.41, 5.74) is 0.0511. The van der Waals surface area contributed by atoms with Crippen molar-refractivity contribution in [1.82, 2.24) is 9.88 Å². The largest absolute Gasteiger partial charge is 0.478 e. The number of hydrogen-bond donors (Lipinski definition) is 0. The Morgan fingerprint density at radius 3 is 2.48 bits per heavy atom. The standard InChI is InChI=1S/C22H34N2O4S/c1-22(2,3)14-21(25)24-10-7-16(8-11-24)19-13-17(19)9-12-28-20-6-5-18(15-23-20)29(4,26)27/h5-6,15-17,19H,7-14H2,1-4H3/t17-,19-/m1/s1. The Hall–Kier alpha value is -1.63. The van der Waals surface area contributed by atoms with Gasteiger partial charge < -0.3 is 9.64 Å². The number of hydrogen-bond acceptors (Lipinski definition) is 5. The van der Waals surface area contributed by atoms with E-state index in [1.807, 2.05) is 4.90 Å². The van der Waals surface area contributed by atoms with Gasteiger partial charge >= 0.3 is 0 Å². The Kier molecular flexibility index (Phi) is 6.56. The average molecular weight is 423 g/mol. The summed E-state index contributed by atoms with van der Waals surface area (Å²) in [7, 11) is -3.22. The molecular weight excluding hydrogens is 388 g/mol. The minimum atomic E-state index is -3.22. The van der Waals surface area contributed by atoms with E-state index in [-0.39, 0.29) is 10.3 Å². The summed E-state index contributed by atoms with van der Waals surface area (Å²) in [4.78, 5) is 18.7. The number of carbonyl (C=O) groups excluding carboxylic acids is 1. The molecule has 1 aliphatic heterocycles. The summed E-state index contributed by atoms with van der Waals surface area (Å²) in [6.07, 6.45) is 7.63. The number of amides is 1. The molecule has 0 aromatic carbocycles. The highest BCUT2D eigenvalue weighted by molar-refractivity contribution is 7.90. The van der Waals surface area contributed by atoms with Crippen LogP contribution in [0.15, 0.2) is 23.2 Å². The first-order valence-corrected chi connectivity index (χ1v) is 12.5. The van der Waals surface area contributed by atoms with Crippen molar-refractivity contribution in [3.8, 4) is 5.88 Å². The van der Waals surface area contributed by atoms with E-state index in [0.717, 1.165) is 44.2 Å². The third-order valence-corrected chi connectivity index (χ3v) is 7.13. The molecule has 0 bridgehead atoms. The number of likely N-dealkylation sites (tertiary alicyclic amines) is 1. The fourth-order valence-corrected chi connectivity index (χ4v) is 4.87. The second kappa shape index (κ2) is 8.62. The third kappa shape index (κ3) is 6.43. The smallest absolute Gasteiger partial charge is 0.223 e. The van der Waals surface area contributed by atoms with Gasteiger partial charge in [0.25, 0.3) is 0 Å². The number of aromatic nitrogens is 1. The zero-order chi connectivity index (χ0) is 21.2. The Labute approximate surface area is 175 Å². The van der Waals surface area contributed by atoms with Crippen LogP contribution < -0.4 is 4.74 Å². The van der Waals surface area contributed by atoms with E-state index in [0.29, 0.717) is 30.7 Å².